The summed E-state index contributed by atoms with van der Waals surface area (Å²) in [7, 11) is 0. The van der Waals surface area contributed by atoms with Gasteiger partial charge in [-0.1, -0.05) is 0 Å². The van der Waals surface area contributed by atoms with E-state index in [1.54, 1.807) is 0 Å². The Morgan fingerprint density at radius 2 is 2.62 bits per heavy atom. The molecule has 0 bridgehead atoms. The molecule has 0 radical (unpaired) electrons. The van der Waals surface area contributed by atoms with Crippen LogP contribution in [-0.2, 0) is 17.2 Å². The molecule has 1 fully saturated rings. The highest BCUT2D eigenvalue weighted by Crippen LogP contribution is 2.14. The van der Waals surface area contributed by atoms with Crippen molar-refractivity contribution >= 4 is 11.6 Å². The fourth-order valence-corrected chi connectivity index (χ4v) is 1.71. The monoisotopic (exact) mass is 200 g/mol. The zero-order valence-corrected chi connectivity index (χ0v) is 8.20. The Balaban J connectivity index is 1.92. The van der Waals surface area contributed by atoms with E-state index >= 15 is 0 Å². The van der Waals surface area contributed by atoms with E-state index < -0.39 is 0 Å². The summed E-state index contributed by atoms with van der Waals surface area (Å²) in [5.74, 6) is 1.17. The number of aromatic nitrogens is 2. The minimum atomic E-state index is 0.543. The molecule has 72 valence electrons. The number of halogens is 1. The smallest absolute Gasteiger partial charge is 0.0533 e. The third kappa shape index (κ3) is 2.23. The number of rotatable bonds is 3. The molecule has 2 rings (SSSR count). The third-order valence-corrected chi connectivity index (χ3v) is 2.62. The van der Waals surface area contributed by atoms with Gasteiger partial charge in [0.25, 0.3) is 0 Å². The molecule has 1 aliphatic heterocycles. The summed E-state index contributed by atoms with van der Waals surface area (Å²) in [6.07, 6.45) is 4.98. The van der Waals surface area contributed by atoms with Crippen LogP contribution >= 0.6 is 11.6 Å². The van der Waals surface area contributed by atoms with E-state index in [0.29, 0.717) is 11.8 Å². The predicted octanol–water partition coefficient (Wildman–Crippen LogP) is 1.66. The molecule has 1 saturated heterocycles. The van der Waals surface area contributed by atoms with Crippen LogP contribution < -0.4 is 0 Å². The van der Waals surface area contributed by atoms with E-state index in [9.17, 15) is 0 Å². The first-order chi connectivity index (χ1) is 6.38. The molecule has 1 aromatic rings. The number of hydrogen-bond acceptors (Lipinski definition) is 2. The summed E-state index contributed by atoms with van der Waals surface area (Å²) in [6.45, 7) is 2.72. The van der Waals surface area contributed by atoms with E-state index in [0.717, 1.165) is 31.7 Å². The Hall–Kier alpha value is -0.540. The third-order valence-electron chi connectivity index (χ3n) is 2.31. The van der Waals surface area contributed by atoms with Crippen LogP contribution in [0.2, 0.25) is 0 Å². The van der Waals surface area contributed by atoms with Crippen molar-refractivity contribution in [2.75, 3.05) is 13.2 Å². The van der Waals surface area contributed by atoms with Crippen molar-refractivity contribution in [3.8, 4) is 0 Å². The lowest BCUT2D eigenvalue weighted by Gasteiger charge is -2.06. The highest BCUT2D eigenvalue weighted by atomic mass is 35.5. The van der Waals surface area contributed by atoms with Crippen molar-refractivity contribution in [3.63, 3.8) is 0 Å². The maximum Gasteiger partial charge on any atom is 0.0533 e. The maximum absolute atomic E-state index is 5.68. The summed E-state index contributed by atoms with van der Waals surface area (Å²) < 4.78 is 7.25. The van der Waals surface area contributed by atoms with Gasteiger partial charge in [0, 0.05) is 30.8 Å². The van der Waals surface area contributed by atoms with Gasteiger partial charge in [0.2, 0.25) is 0 Å². The first kappa shape index (κ1) is 9.03. The van der Waals surface area contributed by atoms with Crippen molar-refractivity contribution in [1.82, 2.24) is 9.78 Å². The molecule has 1 aliphatic rings. The first-order valence-electron chi connectivity index (χ1n) is 4.53. The summed E-state index contributed by atoms with van der Waals surface area (Å²) in [5.41, 5.74) is 1.08. The summed E-state index contributed by atoms with van der Waals surface area (Å²) >= 11 is 5.68. The molecule has 0 amide bonds. The number of hydrogen-bond donors (Lipinski definition) is 0. The van der Waals surface area contributed by atoms with Crippen LogP contribution in [0.4, 0.5) is 0 Å². The molecular weight excluding hydrogens is 188 g/mol. The Labute approximate surface area is 82.6 Å². The van der Waals surface area contributed by atoms with Gasteiger partial charge < -0.3 is 4.74 Å². The maximum atomic E-state index is 5.68. The van der Waals surface area contributed by atoms with Gasteiger partial charge >= 0.3 is 0 Å². The first-order valence-corrected chi connectivity index (χ1v) is 5.07. The van der Waals surface area contributed by atoms with Gasteiger partial charge in [-0.15, -0.1) is 11.6 Å². The van der Waals surface area contributed by atoms with Gasteiger partial charge in [0.15, 0.2) is 0 Å². The molecule has 0 N–H and O–H groups in total. The van der Waals surface area contributed by atoms with Crippen LogP contribution in [0.5, 0.6) is 0 Å². The van der Waals surface area contributed by atoms with E-state index in [1.807, 2.05) is 17.1 Å². The molecule has 1 atom stereocenters. The van der Waals surface area contributed by atoms with Crippen LogP contribution in [0, 0.1) is 5.92 Å². The second-order valence-corrected chi connectivity index (χ2v) is 3.70. The molecule has 0 saturated carbocycles. The molecule has 0 spiro atoms. The standard InChI is InChI=1S/C9H13ClN2O/c10-3-9-4-11-12(6-9)5-8-1-2-13-7-8/h4,6,8H,1-3,5,7H2. The lowest BCUT2D eigenvalue weighted by molar-refractivity contribution is 0.181. The Bertz CT molecular complexity index is 268. The second kappa shape index (κ2) is 4.11. The highest BCUT2D eigenvalue weighted by Gasteiger charge is 2.16. The van der Waals surface area contributed by atoms with Crippen molar-refractivity contribution in [2.24, 2.45) is 5.92 Å². The van der Waals surface area contributed by atoms with Crippen LogP contribution in [0.25, 0.3) is 0 Å². The number of ether oxygens (including phenoxy) is 1. The predicted molar refractivity (Wildman–Crippen MR) is 50.7 cm³/mol. The van der Waals surface area contributed by atoms with Crippen LogP contribution in [0.3, 0.4) is 0 Å². The van der Waals surface area contributed by atoms with E-state index in [1.165, 1.54) is 0 Å². The normalized spacial score (nSPS) is 22.4. The highest BCUT2D eigenvalue weighted by molar-refractivity contribution is 6.17. The van der Waals surface area contributed by atoms with Gasteiger partial charge in [-0.05, 0) is 6.42 Å². The number of nitrogens with zero attached hydrogens (tertiary/aromatic N) is 2. The largest absolute Gasteiger partial charge is 0.381 e. The Kier molecular flexibility index (Phi) is 2.86. The van der Waals surface area contributed by atoms with Crippen LogP contribution in [-0.4, -0.2) is 23.0 Å². The van der Waals surface area contributed by atoms with E-state index in [-0.39, 0.29) is 0 Å². The fourth-order valence-electron chi connectivity index (χ4n) is 1.57. The fraction of sp³-hybridized carbons (Fsp3) is 0.667. The molecule has 0 aliphatic carbocycles. The van der Waals surface area contributed by atoms with Gasteiger partial charge in [-0.25, -0.2) is 0 Å². The number of alkyl halides is 1. The van der Waals surface area contributed by atoms with Gasteiger partial charge in [-0.2, -0.15) is 5.10 Å². The molecule has 3 nitrogen and oxygen atoms in total. The van der Waals surface area contributed by atoms with Crippen molar-refractivity contribution in [2.45, 2.75) is 18.8 Å². The lowest BCUT2D eigenvalue weighted by atomic mass is 10.1. The quantitative estimate of drug-likeness (QED) is 0.694. The van der Waals surface area contributed by atoms with E-state index in [4.69, 9.17) is 16.3 Å². The summed E-state index contributed by atoms with van der Waals surface area (Å²) in [4.78, 5) is 0. The van der Waals surface area contributed by atoms with Crippen molar-refractivity contribution in [3.05, 3.63) is 18.0 Å². The van der Waals surface area contributed by atoms with Gasteiger partial charge in [-0.3, -0.25) is 4.68 Å². The minimum Gasteiger partial charge on any atom is -0.381 e. The van der Waals surface area contributed by atoms with Gasteiger partial charge in [0.05, 0.1) is 18.7 Å². The molecule has 1 unspecified atom stereocenters. The van der Waals surface area contributed by atoms with Crippen LogP contribution in [0.1, 0.15) is 12.0 Å². The average Bonchev–Trinajstić information content (AvgIpc) is 2.76. The lowest BCUT2D eigenvalue weighted by Crippen LogP contribution is -2.10. The van der Waals surface area contributed by atoms with Gasteiger partial charge in [0.1, 0.15) is 0 Å². The summed E-state index contributed by atoms with van der Waals surface area (Å²) in [6, 6.07) is 0. The minimum absolute atomic E-state index is 0.543. The zero-order chi connectivity index (χ0) is 9.10. The topological polar surface area (TPSA) is 27.1 Å². The Morgan fingerprint density at radius 3 is 3.23 bits per heavy atom. The summed E-state index contributed by atoms with van der Waals surface area (Å²) in [5, 5.41) is 4.23. The molecule has 13 heavy (non-hydrogen) atoms. The Morgan fingerprint density at radius 1 is 1.69 bits per heavy atom. The molecule has 2 heterocycles. The van der Waals surface area contributed by atoms with Crippen molar-refractivity contribution < 1.29 is 4.74 Å². The SMILES string of the molecule is ClCc1cnn(CC2CCOC2)c1. The van der Waals surface area contributed by atoms with Crippen LogP contribution in [0.15, 0.2) is 12.4 Å². The molecule has 0 aromatic carbocycles. The molecular formula is C9H13ClN2O. The van der Waals surface area contributed by atoms with Crippen molar-refractivity contribution in [1.29, 1.82) is 0 Å². The average molecular weight is 201 g/mol. The second-order valence-electron chi connectivity index (χ2n) is 3.43. The molecule has 4 heteroatoms. The zero-order valence-electron chi connectivity index (χ0n) is 7.45. The molecule has 1 aromatic heterocycles. The van der Waals surface area contributed by atoms with E-state index in [2.05, 4.69) is 5.10 Å².